The summed E-state index contributed by atoms with van der Waals surface area (Å²) >= 11 is 5.86. The molecule has 1 aliphatic heterocycles. The van der Waals surface area contributed by atoms with Crippen LogP contribution in [0.1, 0.15) is 25.3 Å². The maximum atomic E-state index is 13.2. The number of carbonyl (C=O) groups excluding carboxylic acids is 1. The number of rotatable bonds is 6. The molecule has 1 N–H and O–H groups in total. The Morgan fingerprint density at radius 3 is 2.32 bits per heavy atom. The summed E-state index contributed by atoms with van der Waals surface area (Å²) in [7, 11) is -3.85. The van der Waals surface area contributed by atoms with Gasteiger partial charge >= 0.3 is 0 Å². The van der Waals surface area contributed by atoms with Crippen molar-refractivity contribution in [1.29, 1.82) is 0 Å². The first-order valence-corrected chi connectivity index (χ1v) is 11.3. The first-order chi connectivity index (χ1) is 13.3. The van der Waals surface area contributed by atoms with Crippen molar-refractivity contribution >= 4 is 27.5 Å². The van der Waals surface area contributed by atoms with Gasteiger partial charge in [0.25, 0.3) is 0 Å². The van der Waals surface area contributed by atoms with Gasteiger partial charge in [0.2, 0.25) is 15.9 Å². The van der Waals surface area contributed by atoms with Crippen LogP contribution in [-0.4, -0.2) is 38.4 Å². The Hall–Kier alpha value is -1.89. The number of likely N-dealkylation sites (tertiary alicyclic amines) is 1. The number of hydrogen-bond donors (Lipinski definition) is 1. The Morgan fingerprint density at radius 1 is 1.11 bits per heavy atom. The molecule has 0 aromatic heterocycles. The molecule has 0 aliphatic carbocycles. The van der Waals surface area contributed by atoms with Crippen LogP contribution < -0.4 is 4.72 Å². The Kier molecular flexibility index (Phi) is 6.75. The van der Waals surface area contributed by atoms with Gasteiger partial charge < -0.3 is 4.90 Å². The van der Waals surface area contributed by atoms with Gasteiger partial charge in [-0.3, -0.25) is 4.79 Å². The lowest BCUT2D eigenvalue weighted by Gasteiger charge is -2.33. The van der Waals surface area contributed by atoms with E-state index in [1.807, 2.05) is 30.3 Å². The molecule has 1 heterocycles. The zero-order valence-electron chi connectivity index (χ0n) is 15.8. The van der Waals surface area contributed by atoms with Crippen molar-refractivity contribution in [3.8, 4) is 0 Å². The third kappa shape index (κ3) is 5.34. The third-order valence-corrected chi connectivity index (χ3v) is 6.84. The molecule has 1 saturated heterocycles. The first kappa shape index (κ1) is 20.8. The summed E-state index contributed by atoms with van der Waals surface area (Å²) in [4.78, 5) is 15.0. The molecule has 2 aromatic rings. The molecule has 1 fully saturated rings. The van der Waals surface area contributed by atoms with Crippen LogP contribution in [0.3, 0.4) is 0 Å². The monoisotopic (exact) mass is 420 g/mol. The van der Waals surface area contributed by atoms with Crippen molar-refractivity contribution in [2.75, 3.05) is 13.1 Å². The van der Waals surface area contributed by atoms with Gasteiger partial charge in [0.05, 0.1) is 4.90 Å². The second-order valence-corrected chi connectivity index (χ2v) is 9.48. The summed E-state index contributed by atoms with van der Waals surface area (Å²) < 4.78 is 28.3. The molecule has 0 radical (unpaired) electrons. The van der Waals surface area contributed by atoms with Gasteiger partial charge in [0.1, 0.15) is 6.04 Å². The summed E-state index contributed by atoms with van der Waals surface area (Å²) in [6.45, 7) is 3.49. The number of sulfonamides is 1. The van der Waals surface area contributed by atoms with Crippen LogP contribution in [0.5, 0.6) is 0 Å². The average molecular weight is 421 g/mol. The highest BCUT2D eigenvalue weighted by atomic mass is 35.5. The van der Waals surface area contributed by atoms with E-state index in [1.165, 1.54) is 24.3 Å². The molecule has 1 atom stereocenters. The molecule has 2 aromatic carbocycles. The van der Waals surface area contributed by atoms with Crippen LogP contribution in [-0.2, 0) is 21.2 Å². The van der Waals surface area contributed by atoms with Gasteiger partial charge in [-0.2, -0.15) is 4.72 Å². The van der Waals surface area contributed by atoms with Crippen LogP contribution in [0.15, 0.2) is 59.5 Å². The molecule has 1 amide bonds. The number of piperidine rings is 1. The number of amides is 1. The lowest BCUT2D eigenvalue weighted by Crippen LogP contribution is -2.51. The number of carbonyl (C=O) groups is 1. The molecule has 1 aliphatic rings. The Bertz CT molecular complexity index is 893. The van der Waals surface area contributed by atoms with Crippen LogP contribution in [0.4, 0.5) is 0 Å². The Labute approximate surface area is 171 Å². The summed E-state index contributed by atoms with van der Waals surface area (Å²) in [5.74, 6) is 0.413. The molecule has 150 valence electrons. The molecule has 7 heteroatoms. The van der Waals surface area contributed by atoms with Gasteiger partial charge in [0, 0.05) is 18.1 Å². The zero-order valence-corrected chi connectivity index (χ0v) is 17.4. The van der Waals surface area contributed by atoms with Gasteiger partial charge in [0.15, 0.2) is 0 Å². The number of benzene rings is 2. The number of nitrogens with one attached hydrogen (secondary N) is 1. The number of halogens is 1. The van der Waals surface area contributed by atoms with Crippen molar-refractivity contribution in [2.45, 2.75) is 37.1 Å². The number of nitrogens with zero attached hydrogens (tertiary/aromatic N) is 1. The van der Waals surface area contributed by atoms with Gasteiger partial charge in [-0.1, -0.05) is 48.9 Å². The molecule has 28 heavy (non-hydrogen) atoms. The van der Waals surface area contributed by atoms with Crippen molar-refractivity contribution in [1.82, 2.24) is 9.62 Å². The van der Waals surface area contributed by atoms with Gasteiger partial charge in [-0.25, -0.2) is 8.42 Å². The SMILES string of the molecule is CC1CCN(C(=O)[C@H](Cc2ccccc2)NS(=O)(=O)c2ccc(Cl)cc2)CC1. The normalized spacial score (nSPS) is 16.7. The fourth-order valence-corrected chi connectivity index (χ4v) is 4.66. The molecule has 0 unspecified atom stereocenters. The standard InChI is InChI=1S/C21H25ClN2O3S/c1-16-11-13-24(14-12-16)21(25)20(15-17-5-3-2-4-6-17)23-28(26,27)19-9-7-18(22)8-10-19/h2-10,16,20,23H,11-15H2,1H3/t20-/m0/s1. The molecule has 0 bridgehead atoms. The zero-order chi connectivity index (χ0) is 20.1. The van der Waals surface area contributed by atoms with Crippen LogP contribution in [0, 0.1) is 5.92 Å². The van der Waals surface area contributed by atoms with E-state index >= 15 is 0 Å². The minimum atomic E-state index is -3.85. The fourth-order valence-electron chi connectivity index (χ4n) is 3.35. The van der Waals surface area contributed by atoms with Crippen molar-refractivity contribution in [3.05, 3.63) is 65.2 Å². The van der Waals surface area contributed by atoms with Crippen LogP contribution >= 0.6 is 11.6 Å². The van der Waals surface area contributed by atoms with Gasteiger partial charge in [-0.05, 0) is 55.0 Å². The van der Waals surface area contributed by atoms with E-state index in [9.17, 15) is 13.2 Å². The number of hydrogen-bond acceptors (Lipinski definition) is 3. The van der Waals surface area contributed by atoms with Crippen molar-refractivity contribution in [3.63, 3.8) is 0 Å². The predicted molar refractivity (Wildman–Crippen MR) is 111 cm³/mol. The maximum Gasteiger partial charge on any atom is 0.241 e. The minimum absolute atomic E-state index is 0.0926. The smallest absolute Gasteiger partial charge is 0.241 e. The summed E-state index contributed by atoms with van der Waals surface area (Å²) in [6, 6.07) is 14.5. The highest BCUT2D eigenvalue weighted by Crippen LogP contribution is 2.19. The molecular weight excluding hydrogens is 396 g/mol. The molecular formula is C21H25ClN2O3S. The molecule has 3 rings (SSSR count). The van der Waals surface area contributed by atoms with Crippen LogP contribution in [0.25, 0.3) is 0 Å². The molecule has 0 saturated carbocycles. The second kappa shape index (κ2) is 9.07. The van der Waals surface area contributed by atoms with E-state index in [4.69, 9.17) is 11.6 Å². The first-order valence-electron chi connectivity index (χ1n) is 9.46. The fraction of sp³-hybridized carbons (Fsp3) is 0.381. The highest BCUT2D eigenvalue weighted by molar-refractivity contribution is 7.89. The van der Waals surface area contributed by atoms with E-state index in [1.54, 1.807) is 4.90 Å². The van der Waals surface area contributed by atoms with E-state index in [2.05, 4.69) is 11.6 Å². The largest absolute Gasteiger partial charge is 0.341 e. The average Bonchev–Trinajstić information content (AvgIpc) is 2.68. The second-order valence-electron chi connectivity index (χ2n) is 7.33. The van der Waals surface area contributed by atoms with E-state index in [-0.39, 0.29) is 10.8 Å². The quantitative estimate of drug-likeness (QED) is 0.777. The van der Waals surface area contributed by atoms with E-state index in [0.717, 1.165) is 18.4 Å². The topological polar surface area (TPSA) is 66.5 Å². The Morgan fingerprint density at radius 2 is 1.71 bits per heavy atom. The minimum Gasteiger partial charge on any atom is -0.341 e. The highest BCUT2D eigenvalue weighted by Gasteiger charge is 2.31. The van der Waals surface area contributed by atoms with Crippen molar-refractivity contribution < 1.29 is 13.2 Å². The molecule has 0 spiro atoms. The summed E-state index contributed by atoms with van der Waals surface area (Å²) in [5, 5.41) is 0.457. The lowest BCUT2D eigenvalue weighted by atomic mass is 9.98. The lowest BCUT2D eigenvalue weighted by molar-refractivity contribution is -0.134. The van der Waals surface area contributed by atoms with Gasteiger partial charge in [-0.15, -0.1) is 0 Å². The predicted octanol–water partition coefficient (Wildman–Crippen LogP) is 3.49. The van der Waals surface area contributed by atoms with Crippen LogP contribution in [0.2, 0.25) is 5.02 Å². The van der Waals surface area contributed by atoms with E-state index in [0.29, 0.717) is 30.5 Å². The van der Waals surface area contributed by atoms with E-state index < -0.39 is 16.1 Å². The maximum absolute atomic E-state index is 13.2. The molecule has 5 nitrogen and oxygen atoms in total. The summed E-state index contributed by atoms with van der Waals surface area (Å²) in [6.07, 6.45) is 2.18. The van der Waals surface area contributed by atoms with Crippen molar-refractivity contribution in [2.24, 2.45) is 5.92 Å². The third-order valence-electron chi connectivity index (χ3n) is 5.10. The Balaban J connectivity index is 1.83. The summed E-state index contributed by atoms with van der Waals surface area (Å²) in [5.41, 5.74) is 0.907.